The fourth-order valence-electron chi connectivity index (χ4n) is 3.32. The normalized spacial score (nSPS) is 14.7. The summed E-state index contributed by atoms with van der Waals surface area (Å²) in [5.74, 6) is 0.834. The second-order valence-corrected chi connectivity index (χ2v) is 6.27. The van der Waals surface area contributed by atoms with E-state index in [9.17, 15) is 4.79 Å². The van der Waals surface area contributed by atoms with E-state index in [1.807, 2.05) is 0 Å². The Balaban J connectivity index is 1.79. The van der Waals surface area contributed by atoms with Crippen molar-refractivity contribution in [3.63, 3.8) is 0 Å². The average molecular weight is 311 g/mol. The molecule has 0 saturated carbocycles. The molecule has 23 heavy (non-hydrogen) atoms. The molecule has 1 aliphatic heterocycles. The van der Waals surface area contributed by atoms with Gasteiger partial charge in [-0.05, 0) is 24.0 Å². The van der Waals surface area contributed by atoms with Crippen LogP contribution in [-0.2, 0) is 32.4 Å². The maximum absolute atomic E-state index is 12.4. The number of benzene rings is 1. The molecular weight excluding hydrogens is 286 g/mol. The van der Waals surface area contributed by atoms with Crippen LogP contribution in [0.5, 0.6) is 0 Å². The Kier molecular flexibility index (Phi) is 4.91. The van der Waals surface area contributed by atoms with Crippen molar-refractivity contribution < 1.29 is 0 Å². The van der Waals surface area contributed by atoms with Crippen molar-refractivity contribution in [1.82, 2.24) is 14.9 Å². The Morgan fingerprint density at radius 3 is 2.74 bits per heavy atom. The molecule has 1 aromatic heterocycles. The lowest BCUT2D eigenvalue weighted by Gasteiger charge is -2.28. The van der Waals surface area contributed by atoms with E-state index in [0.29, 0.717) is 6.54 Å². The Hall–Kier alpha value is -1.94. The van der Waals surface area contributed by atoms with Gasteiger partial charge in [-0.25, -0.2) is 4.98 Å². The van der Waals surface area contributed by atoms with Crippen LogP contribution in [0.25, 0.3) is 0 Å². The second kappa shape index (κ2) is 7.09. The molecular formula is C19H25N3O. The number of fused-ring (bicyclic) bond motifs is 1. The molecule has 0 saturated heterocycles. The summed E-state index contributed by atoms with van der Waals surface area (Å²) in [4.78, 5) is 22.3. The molecule has 0 aliphatic carbocycles. The Morgan fingerprint density at radius 1 is 1.22 bits per heavy atom. The fourth-order valence-corrected chi connectivity index (χ4v) is 3.32. The number of nitrogens with one attached hydrogen (secondary N) is 1. The van der Waals surface area contributed by atoms with Crippen LogP contribution in [-0.4, -0.2) is 21.4 Å². The first-order valence-corrected chi connectivity index (χ1v) is 8.61. The Bertz CT molecular complexity index is 736. The minimum absolute atomic E-state index is 0.0481. The molecule has 0 bridgehead atoms. The van der Waals surface area contributed by atoms with E-state index in [-0.39, 0.29) is 5.56 Å². The van der Waals surface area contributed by atoms with Gasteiger partial charge in [-0.3, -0.25) is 9.69 Å². The Labute approximate surface area is 137 Å². The first kappa shape index (κ1) is 15.9. The number of H-pyrrole nitrogens is 1. The number of hydrogen-bond acceptors (Lipinski definition) is 3. The highest BCUT2D eigenvalue weighted by molar-refractivity contribution is 5.28. The van der Waals surface area contributed by atoms with E-state index < -0.39 is 0 Å². The van der Waals surface area contributed by atoms with Crippen LogP contribution in [0.1, 0.15) is 48.5 Å². The molecule has 2 aromatic rings. The predicted octanol–water partition coefficient (Wildman–Crippen LogP) is 2.84. The number of nitrogens with zero attached hydrogens (tertiary/aromatic N) is 2. The van der Waals surface area contributed by atoms with Crippen molar-refractivity contribution in [2.45, 2.75) is 52.6 Å². The SMILES string of the molecule is CCCc1nc2c(c(=O)[nH]1)CN(Cc1ccccc1CC)CC2. The van der Waals surface area contributed by atoms with Gasteiger partial charge >= 0.3 is 0 Å². The summed E-state index contributed by atoms with van der Waals surface area (Å²) >= 11 is 0. The van der Waals surface area contributed by atoms with Gasteiger partial charge in [0.2, 0.25) is 0 Å². The molecule has 1 N–H and O–H groups in total. The van der Waals surface area contributed by atoms with Gasteiger partial charge in [0, 0.05) is 32.5 Å². The van der Waals surface area contributed by atoms with E-state index in [1.165, 1.54) is 11.1 Å². The first-order valence-electron chi connectivity index (χ1n) is 8.61. The zero-order valence-corrected chi connectivity index (χ0v) is 14.1. The van der Waals surface area contributed by atoms with Crippen LogP contribution in [0.3, 0.4) is 0 Å². The van der Waals surface area contributed by atoms with Gasteiger partial charge in [-0.2, -0.15) is 0 Å². The molecule has 122 valence electrons. The van der Waals surface area contributed by atoms with E-state index >= 15 is 0 Å². The van der Waals surface area contributed by atoms with Gasteiger partial charge < -0.3 is 4.98 Å². The zero-order valence-electron chi connectivity index (χ0n) is 14.1. The van der Waals surface area contributed by atoms with Crippen LogP contribution in [0.15, 0.2) is 29.1 Å². The topological polar surface area (TPSA) is 49.0 Å². The highest BCUT2D eigenvalue weighted by Gasteiger charge is 2.21. The fraction of sp³-hybridized carbons (Fsp3) is 0.474. The molecule has 0 amide bonds. The summed E-state index contributed by atoms with van der Waals surface area (Å²) in [5, 5.41) is 0. The number of aromatic amines is 1. The third-order valence-corrected chi connectivity index (χ3v) is 4.58. The summed E-state index contributed by atoms with van der Waals surface area (Å²) < 4.78 is 0. The van der Waals surface area contributed by atoms with E-state index in [2.05, 4.69) is 53.0 Å². The monoisotopic (exact) mass is 311 g/mol. The largest absolute Gasteiger partial charge is 0.310 e. The Morgan fingerprint density at radius 2 is 2.00 bits per heavy atom. The molecule has 0 fully saturated rings. The van der Waals surface area contributed by atoms with Crippen LogP contribution >= 0.6 is 0 Å². The molecule has 3 rings (SSSR count). The van der Waals surface area contributed by atoms with Crippen molar-refractivity contribution in [2.24, 2.45) is 0 Å². The third kappa shape index (κ3) is 3.53. The summed E-state index contributed by atoms with van der Waals surface area (Å²) in [6.07, 6.45) is 3.76. The zero-order chi connectivity index (χ0) is 16.2. The number of aromatic nitrogens is 2. The third-order valence-electron chi connectivity index (χ3n) is 4.58. The van der Waals surface area contributed by atoms with Gasteiger partial charge in [0.05, 0.1) is 11.3 Å². The molecule has 0 spiro atoms. The highest BCUT2D eigenvalue weighted by Crippen LogP contribution is 2.19. The van der Waals surface area contributed by atoms with E-state index in [4.69, 9.17) is 0 Å². The summed E-state index contributed by atoms with van der Waals surface area (Å²) in [6, 6.07) is 8.58. The summed E-state index contributed by atoms with van der Waals surface area (Å²) in [7, 11) is 0. The van der Waals surface area contributed by atoms with Crippen molar-refractivity contribution in [3.8, 4) is 0 Å². The minimum Gasteiger partial charge on any atom is -0.310 e. The molecule has 4 nitrogen and oxygen atoms in total. The smallest absolute Gasteiger partial charge is 0.255 e. The van der Waals surface area contributed by atoms with Crippen LogP contribution in [0.2, 0.25) is 0 Å². The average Bonchev–Trinajstić information content (AvgIpc) is 2.56. The standard InChI is InChI=1S/C19H25N3O/c1-3-7-18-20-17-10-11-22(13-16(17)19(23)21-18)12-15-9-6-5-8-14(15)4-2/h5-6,8-9H,3-4,7,10-13H2,1-2H3,(H,20,21,23). The molecule has 1 aromatic carbocycles. The highest BCUT2D eigenvalue weighted by atomic mass is 16.1. The lowest BCUT2D eigenvalue weighted by Crippen LogP contribution is -2.36. The van der Waals surface area contributed by atoms with Crippen molar-refractivity contribution >= 4 is 0 Å². The minimum atomic E-state index is 0.0481. The molecule has 2 heterocycles. The van der Waals surface area contributed by atoms with Gasteiger partial charge in [-0.1, -0.05) is 38.1 Å². The summed E-state index contributed by atoms with van der Waals surface area (Å²) in [5.41, 5.74) is 4.66. The van der Waals surface area contributed by atoms with Crippen LogP contribution in [0.4, 0.5) is 0 Å². The van der Waals surface area contributed by atoms with Crippen molar-refractivity contribution in [2.75, 3.05) is 6.54 Å². The molecule has 4 heteroatoms. The quantitative estimate of drug-likeness (QED) is 0.924. The van der Waals surface area contributed by atoms with E-state index in [1.54, 1.807) is 0 Å². The predicted molar refractivity (Wildman–Crippen MR) is 92.5 cm³/mol. The lowest BCUT2D eigenvalue weighted by molar-refractivity contribution is 0.240. The van der Waals surface area contributed by atoms with Gasteiger partial charge in [0.1, 0.15) is 5.82 Å². The summed E-state index contributed by atoms with van der Waals surface area (Å²) in [6.45, 7) is 6.86. The van der Waals surface area contributed by atoms with Gasteiger partial charge in [-0.15, -0.1) is 0 Å². The maximum Gasteiger partial charge on any atom is 0.255 e. The lowest BCUT2D eigenvalue weighted by atomic mass is 10.0. The molecule has 1 aliphatic rings. The molecule has 0 unspecified atom stereocenters. The van der Waals surface area contributed by atoms with Gasteiger partial charge in [0.25, 0.3) is 5.56 Å². The second-order valence-electron chi connectivity index (χ2n) is 6.27. The van der Waals surface area contributed by atoms with E-state index in [0.717, 1.165) is 55.9 Å². The molecule has 0 atom stereocenters. The maximum atomic E-state index is 12.4. The first-order chi connectivity index (χ1) is 11.2. The van der Waals surface area contributed by atoms with Gasteiger partial charge in [0.15, 0.2) is 0 Å². The van der Waals surface area contributed by atoms with Crippen molar-refractivity contribution in [3.05, 3.63) is 62.8 Å². The van der Waals surface area contributed by atoms with Crippen molar-refractivity contribution in [1.29, 1.82) is 0 Å². The number of hydrogen-bond donors (Lipinski definition) is 1. The molecule has 0 radical (unpaired) electrons. The number of aryl methyl sites for hydroxylation is 2. The van der Waals surface area contributed by atoms with Crippen LogP contribution in [0, 0.1) is 0 Å². The number of rotatable bonds is 5. The van der Waals surface area contributed by atoms with Crippen LogP contribution < -0.4 is 5.56 Å².